The van der Waals surface area contributed by atoms with Crippen LogP contribution in [0.15, 0.2) is 115 Å². The van der Waals surface area contributed by atoms with Crippen LogP contribution < -0.4 is 0 Å². The minimum absolute atomic E-state index is 0.0592. The minimum Gasteiger partial charge on any atom is -0.208 e. The van der Waals surface area contributed by atoms with Crippen molar-refractivity contribution in [1.82, 2.24) is 15.0 Å². The predicted molar refractivity (Wildman–Crippen MR) is 185 cm³/mol. The zero-order chi connectivity index (χ0) is 30.9. The Morgan fingerprint density at radius 1 is 0.533 bits per heavy atom. The average Bonchev–Trinajstić information content (AvgIpc) is 3.53. The molecular formula is C42H37N3. The van der Waals surface area contributed by atoms with Crippen molar-refractivity contribution in [2.24, 2.45) is 5.41 Å². The highest BCUT2D eigenvalue weighted by molar-refractivity contribution is 5.90. The maximum absolute atomic E-state index is 5.02. The lowest BCUT2D eigenvalue weighted by molar-refractivity contribution is 0.255. The molecule has 2 aliphatic rings. The minimum atomic E-state index is -0.0785. The Kier molecular flexibility index (Phi) is 6.19. The van der Waals surface area contributed by atoms with Crippen LogP contribution in [0.4, 0.5) is 0 Å². The van der Waals surface area contributed by atoms with Gasteiger partial charge < -0.3 is 0 Å². The number of hydrogen-bond acceptors (Lipinski definition) is 3. The van der Waals surface area contributed by atoms with Crippen LogP contribution in [0.2, 0.25) is 0 Å². The van der Waals surface area contributed by atoms with E-state index in [-0.39, 0.29) is 10.8 Å². The fourth-order valence-electron chi connectivity index (χ4n) is 7.66. The largest absolute Gasteiger partial charge is 0.208 e. The van der Waals surface area contributed by atoms with Crippen molar-refractivity contribution in [2.45, 2.75) is 52.4 Å². The number of rotatable bonds is 4. The van der Waals surface area contributed by atoms with E-state index in [1.54, 1.807) is 0 Å². The van der Waals surface area contributed by atoms with Gasteiger partial charge in [0.2, 0.25) is 0 Å². The van der Waals surface area contributed by atoms with Gasteiger partial charge >= 0.3 is 0 Å². The van der Waals surface area contributed by atoms with E-state index in [0.717, 1.165) is 23.1 Å². The monoisotopic (exact) mass is 583 g/mol. The van der Waals surface area contributed by atoms with Crippen molar-refractivity contribution < 1.29 is 0 Å². The summed E-state index contributed by atoms with van der Waals surface area (Å²) in [5, 5.41) is 0. The molecule has 0 spiro atoms. The number of nitrogens with zero attached hydrogens (tertiary/aromatic N) is 3. The van der Waals surface area contributed by atoms with E-state index in [0.29, 0.717) is 23.4 Å². The summed E-state index contributed by atoms with van der Waals surface area (Å²) in [5.74, 6) is 2.39. The second kappa shape index (κ2) is 10.1. The molecule has 0 radical (unpaired) electrons. The summed E-state index contributed by atoms with van der Waals surface area (Å²) in [4.78, 5) is 14.9. The van der Waals surface area contributed by atoms with Crippen molar-refractivity contribution in [1.29, 1.82) is 0 Å². The molecule has 2 aliphatic carbocycles. The van der Waals surface area contributed by atoms with Gasteiger partial charge in [0.15, 0.2) is 17.5 Å². The lowest BCUT2D eigenvalue weighted by atomic mass is 9.62. The Morgan fingerprint density at radius 3 is 1.69 bits per heavy atom. The zero-order valence-corrected chi connectivity index (χ0v) is 26.6. The third-order valence-electron chi connectivity index (χ3n) is 10.4. The standard InChI is InChI=1S/C42H37N3/c1-6-29-32-23-28(40-44-38(26-15-9-7-10-16-26)43-39(45-40)27-17-11-8-12-18-27)21-22-30(32)34-25-37-35(24-33(29)34)31-19-13-14-20-36(31)42(37,5)41(2,3)4/h7-25,29H,6H2,1-5H3. The van der Waals surface area contributed by atoms with Crippen LogP contribution in [0.25, 0.3) is 56.4 Å². The molecule has 0 saturated heterocycles. The molecule has 0 fully saturated rings. The Morgan fingerprint density at radius 2 is 1.09 bits per heavy atom. The Labute approximate surface area is 266 Å². The zero-order valence-electron chi connectivity index (χ0n) is 26.6. The third kappa shape index (κ3) is 4.14. The number of fused-ring (bicyclic) bond motifs is 6. The van der Waals surface area contributed by atoms with E-state index in [2.05, 4.69) is 113 Å². The molecule has 0 amide bonds. The number of benzene rings is 5. The topological polar surface area (TPSA) is 38.7 Å². The summed E-state index contributed by atoms with van der Waals surface area (Å²) in [7, 11) is 0. The van der Waals surface area contributed by atoms with Crippen molar-refractivity contribution in [3.63, 3.8) is 0 Å². The molecule has 2 unspecified atom stereocenters. The molecule has 1 aromatic heterocycles. The number of aromatic nitrogens is 3. The SMILES string of the molecule is CCC1c2cc(-c3nc(-c4ccccc4)nc(-c4ccccc4)n3)ccc2-c2cc3c(cc21)-c1ccccc1C3(C)C(C)(C)C. The van der Waals surface area contributed by atoms with Gasteiger partial charge in [-0.05, 0) is 74.5 Å². The first-order chi connectivity index (χ1) is 21.8. The maximum Gasteiger partial charge on any atom is 0.164 e. The number of hydrogen-bond donors (Lipinski definition) is 0. The summed E-state index contributed by atoms with van der Waals surface area (Å²) in [5.41, 5.74) is 14.1. The van der Waals surface area contributed by atoms with Crippen LogP contribution in [0.3, 0.4) is 0 Å². The van der Waals surface area contributed by atoms with Crippen LogP contribution in [0.5, 0.6) is 0 Å². The van der Waals surface area contributed by atoms with Gasteiger partial charge in [0, 0.05) is 28.0 Å². The summed E-state index contributed by atoms with van der Waals surface area (Å²) in [6.07, 6.45) is 1.03. The van der Waals surface area contributed by atoms with Crippen LogP contribution in [-0.2, 0) is 5.41 Å². The average molecular weight is 584 g/mol. The van der Waals surface area contributed by atoms with Crippen LogP contribution in [-0.4, -0.2) is 15.0 Å². The van der Waals surface area contributed by atoms with E-state index >= 15 is 0 Å². The van der Waals surface area contributed by atoms with Gasteiger partial charge in [0.25, 0.3) is 0 Å². The second-order valence-corrected chi connectivity index (χ2v) is 13.7. The molecule has 8 rings (SSSR count). The molecule has 0 saturated carbocycles. The summed E-state index contributed by atoms with van der Waals surface area (Å²) in [6, 6.07) is 41.3. The van der Waals surface area contributed by atoms with Crippen molar-refractivity contribution in [3.05, 3.63) is 138 Å². The first kappa shape index (κ1) is 27.6. The maximum atomic E-state index is 5.02. The summed E-state index contributed by atoms with van der Waals surface area (Å²) >= 11 is 0. The van der Waals surface area contributed by atoms with Crippen LogP contribution in [0, 0.1) is 5.41 Å². The molecule has 1 heterocycles. The Bertz CT molecular complexity index is 2030. The van der Waals surface area contributed by atoms with Gasteiger partial charge in [-0.25, -0.2) is 15.0 Å². The van der Waals surface area contributed by atoms with E-state index < -0.39 is 0 Å². The molecule has 0 aliphatic heterocycles. The molecule has 45 heavy (non-hydrogen) atoms. The molecule has 3 heteroatoms. The van der Waals surface area contributed by atoms with E-state index in [1.807, 2.05) is 36.4 Å². The fraction of sp³-hybridized carbons (Fsp3) is 0.214. The molecule has 5 aromatic carbocycles. The van der Waals surface area contributed by atoms with Gasteiger partial charge in [-0.2, -0.15) is 0 Å². The van der Waals surface area contributed by atoms with Crippen molar-refractivity contribution in [2.75, 3.05) is 0 Å². The van der Waals surface area contributed by atoms with Crippen molar-refractivity contribution in [3.8, 4) is 56.4 Å². The highest BCUT2D eigenvalue weighted by Gasteiger charge is 2.48. The van der Waals surface area contributed by atoms with E-state index in [9.17, 15) is 0 Å². The first-order valence-electron chi connectivity index (χ1n) is 16.1. The van der Waals surface area contributed by atoms with Crippen LogP contribution in [0.1, 0.15) is 69.2 Å². The molecule has 220 valence electrons. The lowest BCUT2D eigenvalue weighted by Gasteiger charge is -2.41. The second-order valence-electron chi connectivity index (χ2n) is 13.7. The van der Waals surface area contributed by atoms with Gasteiger partial charge in [-0.1, -0.05) is 132 Å². The normalized spacial score (nSPS) is 17.8. The lowest BCUT2D eigenvalue weighted by Crippen LogP contribution is -2.36. The first-order valence-corrected chi connectivity index (χ1v) is 16.1. The molecule has 2 atom stereocenters. The van der Waals surface area contributed by atoms with Crippen molar-refractivity contribution >= 4 is 0 Å². The molecule has 0 N–H and O–H groups in total. The van der Waals surface area contributed by atoms with Gasteiger partial charge in [0.1, 0.15) is 0 Å². The predicted octanol–water partition coefficient (Wildman–Crippen LogP) is 10.7. The molecule has 3 nitrogen and oxygen atoms in total. The Balaban J connectivity index is 1.29. The van der Waals surface area contributed by atoms with Gasteiger partial charge in [-0.15, -0.1) is 0 Å². The van der Waals surface area contributed by atoms with E-state index in [4.69, 9.17) is 15.0 Å². The van der Waals surface area contributed by atoms with Crippen LogP contribution >= 0.6 is 0 Å². The molecule has 6 aromatic rings. The molecule has 0 bridgehead atoms. The highest BCUT2D eigenvalue weighted by atomic mass is 15.0. The highest BCUT2D eigenvalue weighted by Crippen LogP contribution is 2.60. The van der Waals surface area contributed by atoms with Gasteiger partial charge in [0.05, 0.1) is 0 Å². The summed E-state index contributed by atoms with van der Waals surface area (Å²) < 4.78 is 0. The smallest absolute Gasteiger partial charge is 0.164 e. The quantitative estimate of drug-likeness (QED) is 0.207. The fourth-order valence-corrected chi connectivity index (χ4v) is 7.66. The van der Waals surface area contributed by atoms with E-state index in [1.165, 1.54) is 44.5 Å². The summed E-state index contributed by atoms with van der Waals surface area (Å²) in [6.45, 7) is 11.9. The molecular weight excluding hydrogens is 546 g/mol. The third-order valence-corrected chi connectivity index (χ3v) is 10.4. The van der Waals surface area contributed by atoms with Gasteiger partial charge in [-0.3, -0.25) is 0 Å². The Hall–Kier alpha value is -4.89.